The van der Waals surface area contributed by atoms with Crippen LogP contribution in [0.2, 0.25) is 0 Å². The van der Waals surface area contributed by atoms with Crippen LogP contribution < -0.4 is 5.32 Å². The SMILES string of the molecule is Cc1ccc(CNc2ccc(S(C)(=O)=O)nc2)cn1. The van der Waals surface area contributed by atoms with Crippen LogP contribution in [-0.4, -0.2) is 24.6 Å². The third kappa shape index (κ3) is 3.75. The van der Waals surface area contributed by atoms with E-state index in [2.05, 4.69) is 15.3 Å². The van der Waals surface area contributed by atoms with Gasteiger partial charge < -0.3 is 5.32 Å². The lowest BCUT2D eigenvalue weighted by Crippen LogP contribution is -2.03. The normalized spacial score (nSPS) is 11.3. The number of nitrogens with zero attached hydrogens (tertiary/aromatic N) is 2. The van der Waals surface area contributed by atoms with Crippen LogP contribution in [0.5, 0.6) is 0 Å². The van der Waals surface area contributed by atoms with E-state index in [1.165, 1.54) is 12.3 Å². The molecule has 0 radical (unpaired) electrons. The van der Waals surface area contributed by atoms with Gasteiger partial charge in [0.25, 0.3) is 0 Å². The molecule has 19 heavy (non-hydrogen) atoms. The minimum Gasteiger partial charge on any atom is -0.380 e. The Morgan fingerprint density at radius 2 is 1.89 bits per heavy atom. The summed E-state index contributed by atoms with van der Waals surface area (Å²) in [5.41, 5.74) is 2.80. The van der Waals surface area contributed by atoms with Crippen molar-refractivity contribution in [2.75, 3.05) is 11.6 Å². The van der Waals surface area contributed by atoms with Crippen molar-refractivity contribution < 1.29 is 8.42 Å². The van der Waals surface area contributed by atoms with E-state index in [4.69, 9.17) is 0 Å². The van der Waals surface area contributed by atoms with Crippen LogP contribution in [0.1, 0.15) is 11.3 Å². The number of aryl methyl sites for hydroxylation is 1. The van der Waals surface area contributed by atoms with Gasteiger partial charge in [-0.3, -0.25) is 4.98 Å². The van der Waals surface area contributed by atoms with Gasteiger partial charge >= 0.3 is 0 Å². The van der Waals surface area contributed by atoms with Gasteiger partial charge in [-0.2, -0.15) is 0 Å². The van der Waals surface area contributed by atoms with Crippen LogP contribution >= 0.6 is 0 Å². The minimum absolute atomic E-state index is 0.0788. The van der Waals surface area contributed by atoms with E-state index in [9.17, 15) is 8.42 Å². The summed E-state index contributed by atoms with van der Waals surface area (Å²) in [4.78, 5) is 8.11. The van der Waals surface area contributed by atoms with Gasteiger partial charge in [0.1, 0.15) is 0 Å². The predicted molar refractivity (Wildman–Crippen MR) is 73.6 cm³/mol. The summed E-state index contributed by atoms with van der Waals surface area (Å²) in [6.45, 7) is 2.55. The summed E-state index contributed by atoms with van der Waals surface area (Å²) in [5, 5.41) is 3.24. The molecule has 0 saturated heterocycles. The van der Waals surface area contributed by atoms with Crippen LogP contribution in [0.25, 0.3) is 0 Å². The highest BCUT2D eigenvalue weighted by molar-refractivity contribution is 7.90. The summed E-state index contributed by atoms with van der Waals surface area (Å²) in [7, 11) is -3.24. The van der Waals surface area contributed by atoms with E-state index < -0.39 is 9.84 Å². The van der Waals surface area contributed by atoms with Crippen molar-refractivity contribution in [1.82, 2.24) is 9.97 Å². The fourth-order valence-electron chi connectivity index (χ4n) is 1.51. The van der Waals surface area contributed by atoms with Gasteiger partial charge in [-0.05, 0) is 30.7 Å². The highest BCUT2D eigenvalue weighted by Gasteiger charge is 2.07. The van der Waals surface area contributed by atoms with Gasteiger partial charge in [0, 0.05) is 24.7 Å². The quantitative estimate of drug-likeness (QED) is 0.922. The maximum atomic E-state index is 11.3. The molecular weight excluding hydrogens is 262 g/mol. The maximum absolute atomic E-state index is 11.3. The zero-order valence-corrected chi connectivity index (χ0v) is 11.6. The Morgan fingerprint density at radius 3 is 2.42 bits per heavy atom. The van der Waals surface area contributed by atoms with E-state index >= 15 is 0 Å². The number of hydrogen-bond donors (Lipinski definition) is 1. The summed E-state index contributed by atoms with van der Waals surface area (Å²) < 4.78 is 22.5. The van der Waals surface area contributed by atoms with Crippen LogP contribution in [-0.2, 0) is 16.4 Å². The molecule has 2 heterocycles. The summed E-state index contributed by atoms with van der Waals surface area (Å²) >= 11 is 0. The maximum Gasteiger partial charge on any atom is 0.192 e. The Bertz CT molecular complexity index is 649. The molecule has 0 fully saturated rings. The third-order valence-electron chi connectivity index (χ3n) is 2.59. The summed E-state index contributed by atoms with van der Waals surface area (Å²) in [6, 6.07) is 7.13. The predicted octanol–water partition coefficient (Wildman–Crippen LogP) is 1.80. The number of rotatable bonds is 4. The lowest BCUT2D eigenvalue weighted by molar-refractivity contribution is 0.598. The van der Waals surface area contributed by atoms with Gasteiger partial charge in [-0.25, -0.2) is 13.4 Å². The number of anilines is 1. The van der Waals surface area contributed by atoms with Crippen molar-refractivity contribution in [2.45, 2.75) is 18.5 Å². The third-order valence-corrected chi connectivity index (χ3v) is 3.59. The van der Waals surface area contributed by atoms with E-state index in [0.717, 1.165) is 23.2 Å². The van der Waals surface area contributed by atoms with E-state index in [0.29, 0.717) is 6.54 Å². The number of hydrogen-bond acceptors (Lipinski definition) is 5. The second-order valence-electron chi connectivity index (χ2n) is 4.32. The Kier molecular flexibility index (Phi) is 3.80. The highest BCUT2D eigenvalue weighted by atomic mass is 32.2. The van der Waals surface area contributed by atoms with Crippen LogP contribution in [0.3, 0.4) is 0 Å². The molecule has 6 heteroatoms. The molecule has 5 nitrogen and oxygen atoms in total. The molecule has 1 N–H and O–H groups in total. The van der Waals surface area contributed by atoms with Crippen molar-refractivity contribution in [2.24, 2.45) is 0 Å². The fourth-order valence-corrected chi connectivity index (χ4v) is 2.07. The molecule has 2 rings (SSSR count). The number of pyridine rings is 2. The lowest BCUT2D eigenvalue weighted by atomic mass is 10.2. The second-order valence-corrected chi connectivity index (χ2v) is 6.28. The minimum atomic E-state index is -3.24. The molecule has 0 aliphatic heterocycles. The van der Waals surface area contributed by atoms with Gasteiger partial charge in [0.05, 0.1) is 11.9 Å². The standard InChI is InChI=1S/C13H15N3O2S/c1-10-3-4-11(7-14-10)8-15-12-5-6-13(16-9-12)19(2,17)18/h3-7,9,15H,8H2,1-2H3. The molecule has 0 unspecified atom stereocenters. The Balaban J connectivity index is 2.02. The molecule has 0 aliphatic carbocycles. The zero-order chi connectivity index (χ0) is 13.9. The van der Waals surface area contributed by atoms with Crippen LogP contribution in [0, 0.1) is 6.92 Å². The average Bonchev–Trinajstić information content (AvgIpc) is 2.37. The molecule has 0 atom stereocenters. The number of sulfone groups is 1. The summed E-state index contributed by atoms with van der Waals surface area (Å²) in [5.74, 6) is 0. The molecule has 0 aromatic carbocycles. The molecule has 0 saturated carbocycles. The first kappa shape index (κ1) is 13.5. The Morgan fingerprint density at radius 1 is 1.11 bits per heavy atom. The molecule has 100 valence electrons. The van der Waals surface area contributed by atoms with Gasteiger partial charge in [-0.15, -0.1) is 0 Å². The van der Waals surface area contributed by atoms with Crippen LogP contribution in [0.4, 0.5) is 5.69 Å². The molecular formula is C13H15N3O2S. The largest absolute Gasteiger partial charge is 0.380 e. The zero-order valence-electron chi connectivity index (χ0n) is 10.8. The topological polar surface area (TPSA) is 72.0 Å². The second kappa shape index (κ2) is 5.36. The average molecular weight is 277 g/mol. The monoisotopic (exact) mass is 277 g/mol. The molecule has 2 aromatic rings. The highest BCUT2D eigenvalue weighted by Crippen LogP contribution is 2.11. The molecule has 0 bridgehead atoms. The van der Waals surface area contributed by atoms with Crippen molar-refractivity contribution in [3.63, 3.8) is 0 Å². The first-order valence-corrected chi connectivity index (χ1v) is 7.66. The van der Waals surface area contributed by atoms with Gasteiger partial charge in [0.2, 0.25) is 0 Å². The number of nitrogens with one attached hydrogen (secondary N) is 1. The molecule has 2 aromatic heterocycles. The van der Waals surface area contributed by atoms with Crippen molar-refractivity contribution in [3.8, 4) is 0 Å². The van der Waals surface area contributed by atoms with Gasteiger partial charge in [0.15, 0.2) is 14.9 Å². The molecule has 0 amide bonds. The lowest BCUT2D eigenvalue weighted by Gasteiger charge is -2.06. The summed E-state index contributed by atoms with van der Waals surface area (Å²) in [6.07, 6.45) is 4.46. The fraction of sp³-hybridized carbons (Fsp3) is 0.231. The van der Waals surface area contributed by atoms with E-state index in [1.54, 1.807) is 12.3 Å². The van der Waals surface area contributed by atoms with Crippen molar-refractivity contribution in [1.29, 1.82) is 0 Å². The Labute approximate surface area is 112 Å². The van der Waals surface area contributed by atoms with Crippen LogP contribution in [0.15, 0.2) is 41.7 Å². The van der Waals surface area contributed by atoms with Crippen molar-refractivity contribution >= 4 is 15.5 Å². The van der Waals surface area contributed by atoms with E-state index in [-0.39, 0.29) is 5.03 Å². The molecule has 0 aliphatic rings. The Hall–Kier alpha value is -1.95. The smallest absolute Gasteiger partial charge is 0.192 e. The van der Waals surface area contributed by atoms with Gasteiger partial charge in [-0.1, -0.05) is 6.07 Å². The number of aromatic nitrogens is 2. The first-order chi connectivity index (χ1) is 8.95. The first-order valence-electron chi connectivity index (χ1n) is 5.77. The van der Waals surface area contributed by atoms with Crippen molar-refractivity contribution in [3.05, 3.63) is 47.9 Å². The van der Waals surface area contributed by atoms with E-state index in [1.807, 2.05) is 19.1 Å². The molecule has 0 spiro atoms.